The van der Waals surface area contributed by atoms with Crippen molar-refractivity contribution in [2.45, 2.75) is 32.0 Å². The van der Waals surface area contributed by atoms with E-state index in [1.165, 1.54) is 0 Å². The molecule has 1 aliphatic rings. The third-order valence-electron chi connectivity index (χ3n) is 5.75. The molecule has 1 aliphatic heterocycles. The lowest BCUT2D eigenvalue weighted by Gasteiger charge is -2.29. The van der Waals surface area contributed by atoms with Crippen molar-refractivity contribution in [2.24, 2.45) is 0 Å². The normalized spacial score (nSPS) is 17.8. The maximum atomic E-state index is 5.87. The Morgan fingerprint density at radius 1 is 0.971 bits per heavy atom. The standard InChI is InChI=1S/C27H25BrN4OS/c1-18(2)33-22-13-11-20(12-14-22)32-26(25(30-27(32)34)23-9-3-4-15-29-23)24-10-6-16-31(24)21-8-5-7-19(28)17-21/h3-18,25-26H,1-2H3,(H,30,34). The van der Waals surface area contributed by atoms with Crippen LogP contribution < -0.4 is 15.0 Å². The van der Waals surface area contributed by atoms with E-state index in [4.69, 9.17) is 17.0 Å². The molecule has 5 nitrogen and oxygen atoms in total. The quantitative estimate of drug-likeness (QED) is 0.283. The van der Waals surface area contributed by atoms with Gasteiger partial charge < -0.3 is 19.5 Å². The smallest absolute Gasteiger partial charge is 0.174 e. The van der Waals surface area contributed by atoms with E-state index in [9.17, 15) is 0 Å². The lowest BCUT2D eigenvalue weighted by atomic mass is 10.0. The van der Waals surface area contributed by atoms with Crippen LogP contribution in [0.1, 0.15) is 37.3 Å². The molecule has 1 saturated heterocycles. The first kappa shape index (κ1) is 22.6. The molecule has 2 aromatic heterocycles. The summed E-state index contributed by atoms with van der Waals surface area (Å²) in [6.07, 6.45) is 4.03. The minimum atomic E-state index is -0.110. The van der Waals surface area contributed by atoms with Crippen molar-refractivity contribution in [3.8, 4) is 11.4 Å². The van der Waals surface area contributed by atoms with Crippen molar-refractivity contribution >= 4 is 38.9 Å². The van der Waals surface area contributed by atoms with Crippen molar-refractivity contribution in [3.05, 3.63) is 107 Å². The topological polar surface area (TPSA) is 42.3 Å². The highest BCUT2D eigenvalue weighted by Crippen LogP contribution is 2.42. The molecule has 0 radical (unpaired) electrons. The summed E-state index contributed by atoms with van der Waals surface area (Å²) in [7, 11) is 0. The van der Waals surface area contributed by atoms with Crippen molar-refractivity contribution < 1.29 is 4.74 Å². The Morgan fingerprint density at radius 2 is 1.79 bits per heavy atom. The Hall–Kier alpha value is -3.16. The molecule has 0 bridgehead atoms. The largest absolute Gasteiger partial charge is 0.491 e. The molecule has 2 unspecified atom stereocenters. The van der Waals surface area contributed by atoms with E-state index in [1.807, 2.05) is 62.5 Å². The molecule has 7 heteroatoms. The average Bonchev–Trinajstić information content (AvgIpc) is 3.44. The molecular weight excluding hydrogens is 508 g/mol. The molecule has 5 rings (SSSR count). The highest BCUT2D eigenvalue weighted by atomic mass is 79.9. The number of ether oxygens (including phenoxy) is 1. The van der Waals surface area contributed by atoms with Crippen LogP contribution in [0.4, 0.5) is 5.69 Å². The van der Waals surface area contributed by atoms with Crippen molar-refractivity contribution in [3.63, 3.8) is 0 Å². The van der Waals surface area contributed by atoms with Gasteiger partial charge in [-0.3, -0.25) is 4.98 Å². The van der Waals surface area contributed by atoms with Crippen molar-refractivity contribution in [2.75, 3.05) is 4.90 Å². The van der Waals surface area contributed by atoms with E-state index in [1.54, 1.807) is 0 Å². The summed E-state index contributed by atoms with van der Waals surface area (Å²) in [5.74, 6) is 0.840. The molecule has 1 fully saturated rings. The molecule has 0 saturated carbocycles. The fourth-order valence-electron chi connectivity index (χ4n) is 4.39. The molecule has 0 spiro atoms. The maximum Gasteiger partial charge on any atom is 0.174 e. The Bertz CT molecular complexity index is 1290. The van der Waals surface area contributed by atoms with Crippen LogP contribution in [0.5, 0.6) is 5.75 Å². The molecule has 2 atom stereocenters. The van der Waals surface area contributed by atoms with Crippen LogP contribution in [-0.4, -0.2) is 20.8 Å². The van der Waals surface area contributed by atoms with Gasteiger partial charge in [0.05, 0.1) is 17.8 Å². The average molecular weight is 533 g/mol. The molecule has 172 valence electrons. The highest BCUT2D eigenvalue weighted by molar-refractivity contribution is 9.10. The van der Waals surface area contributed by atoms with Crippen LogP contribution in [-0.2, 0) is 0 Å². The van der Waals surface area contributed by atoms with Gasteiger partial charge in [-0.2, -0.15) is 0 Å². The van der Waals surface area contributed by atoms with Gasteiger partial charge in [0.25, 0.3) is 0 Å². The van der Waals surface area contributed by atoms with Crippen molar-refractivity contribution in [1.29, 1.82) is 0 Å². The van der Waals surface area contributed by atoms with Gasteiger partial charge in [0.15, 0.2) is 5.11 Å². The third-order valence-corrected chi connectivity index (χ3v) is 6.56. The first-order chi connectivity index (χ1) is 16.5. The maximum absolute atomic E-state index is 5.87. The summed E-state index contributed by atoms with van der Waals surface area (Å²) >= 11 is 9.48. The van der Waals surface area contributed by atoms with E-state index in [0.717, 1.165) is 33.0 Å². The summed E-state index contributed by atoms with van der Waals surface area (Å²) in [5, 5.41) is 4.20. The van der Waals surface area contributed by atoms with Gasteiger partial charge in [-0.15, -0.1) is 0 Å². The Kier molecular flexibility index (Phi) is 6.39. The van der Waals surface area contributed by atoms with Crippen LogP contribution in [0, 0.1) is 0 Å². The SMILES string of the molecule is CC(C)Oc1ccc(N2C(=S)NC(c3ccccn3)C2c2cccn2-c2cccc(Br)c2)cc1. The molecule has 3 heterocycles. The molecule has 4 aromatic rings. The van der Waals surface area contributed by atoms with Crippen LogP contribution in [0.3, 0.4) is 0 Å². The lowest BCUT2D eigenvalue weighted by molar-refractivity contribution is 0.242. The Balaban J connectivity index is 1.61. The van der Waals surface area contributed by atoms with E-state index in [-0.39, 0.29) is 18.2 Å². The number of thiocarbonyl (C=S) groups is 1. The number of rotatable bonds is 6. The monoisotopic (exact) mass is 532 g/mol. The number of aromatic nitrogens is 2. The summed E-state index contributed by atoms with van der Waals surface area (Å²) in [6.45, 7) is 4.05. The molecule has 2 aromatic carbocycles. The Morgan fingerprint density at radius 3 is 2.50 bits per heavy atom. The minimum absolute atomic E-state index is 0.103. The molecular formula is C27H25BrN4OS. The van der Waals surface area contributed by atoms with Gasteiger partial charge >= 0.3 is 0 Å². The lowest BCUT2D eigenvalue weighted by Crippen LogP contribution is -2.30. The van der Waals surface area contributed by atoms with Gasteiger partial charge in [0.1, 0.15) is 11.8 Å². The highest BCUT2D eigenvalue weighted by Gasteiger charge is 2.42. The zero-order valence-corrected chi connectivity index (χ0v) is 21.3. The van der Waals surface area contributed by atoms with E-state index in [2.05, 4.69) is 78.3 Å². The molecule has 1 N–H and O–H groups in total. The zero-order valence-electron chi connectivity index (χ0n) is 18.9. The summed E-state index contributed by atoms with van der Waals surface area (Å²) < 4.78 is 9.09. The predicted molar refractivity (Wildman–Crippen MR) is 144 cm³/mol. The number of hydrogen-bond donors (Lipinski definition) is 1. The van der Waals surface area contributed by atoms with Crippen molar-refractivity contribution in [1.82, 2.24) is 14.9 Å². The zero-order chi connectivity index (χ0) is 23.7. The van der Waals surface area contributed by atoms with Crippen LogP contribution in [0.15, 0.2) is 95.7 Å². The second kappa shape index (κ2) is 9.60. The summed E-state index contributed by atoms with van der Waals surface area (Å²) in [4.78, 5) is 6.84. The molecule has 34 heavy (non-hydrogen) atoms. The summed E-state index contributed by atoms with van der Waals surface area (Å²) in [5.41, 5.74) is 4.13. The number of halogens is 1. The van der Waals surface area contributed by atoms with E-state index < -0.39 is 0 Å². The number of hydrogen-bond acceptors (Lipinski definition) is 3. The van der Waals surface area contributed by atoms with Gasteiger partial charge in [0, 0.05) is 33.9 Å². The Labute approximate surface area is 213 Å². The third kappa shape index (κ3) is 4.45. The fourth-order valence-corrected chi connectivity index (χ4v) is 5.12. The predicted octanol–water partition coefficient (Wildman–Crippen LogP) is 6.60. The molecule has 0 aliphatic carbocycles. The molecule has 0 amide bonds. The number of nitrogens with zero attached hydrogens (tertiary/aromatic N) is 3. The second-order valence-corrected chi connectivity index (χ2v) is 9.74. The minimum Gasteiger partial charge on any atom is -0.491 e. The fraction of sp³-hybridized carbons (Fsp3) is 0.185. The van der Waals surface area contributed by atoms with Gasteiger partial charge in [-0.1, -0.05) is 28.1 Å². The van der Waals surface area contributed by atoms with E-state index >= 15 is 0 Å². The second-order valence-electron chi connectivity index (χ2n) is 8.44. The van der Waals surface area contributed by atoms with Crippen LogP contribution >= 0.6 is 28.1 Å². The van der Waals surface area contributed by atoms with Crippen LogP contribution in [0.2, 0.25) is 0 Å². The number of pyridine rings is 1. The first-order valence-electron chi connectivity index (χ1n) is 11.2. The number of benzene rings is 2. The first-order valence-corrected chi connectivity index (χ1v) is 12.4. The van der Waals surface area contributed by atoms with E-state index in [0.29, 0.717) is 5.11 Å². The summed E-state index contributed by atoms with van der Waals surface area (Å²) in [6, 6.07) is 26.4. The number of anilines is 1. The van der Waals surface area contributed by atoms with Gasteiger partial charge in [-0.25, -0.2) is 0 Å². The number of nitrogens with one attached hydrogen (secondary N) is 1. The van der Waals surface area contributed by atoms with Gasteiger partial charge in [-0.05, 0) is 92.8 Å². The van der Waals surface area contributed by atoms with Gasteiger partial charge in [0.2, 0.25) is 0 Å². The van der Waals surface area contributed by atoms with Crippen LogP contribution in [0.25, 0.3) is 5.69 Å².